The number of para-hydroxylation sites is 2. The molecule has 1 atom stereocenters. The Morgan fingerprint density at radius 3 is 2.48 bits per heavy atom. The van der Waals surface area contributed by atoms with E-state index in [-0.39, 0.29) is 5.16 Å². The van der Waals surface area contributed by atoms with Gasteiger partial charge < -0.3 is 14.5 Å². The van der Waals surface area contributed by atoms with Gasteiger partial charge >= 0.3 is 0 Å². The van der Waals surface area contributed by atoms with E-state index in [4.69, 9.17) is 9.47 Å². The van der Waals surface area contributed by atoms with E-state index in [0.717, 1.165) is 5.56 Å². The number of H-pyrrole nitrogens is 1. The van der Waals surface area contributed by atoms with Gasteiger partial charge in [0.25, 0.3) is 10.0 Å². The number of benzene rings is 2. The molecule has 25 heavy (non-hydrogen) atoms. The third-order valence-electron chi connectivity index (χ3n) is 3.86. The molecule has 7 nitrogen and oxygen atoms in total. The van der Waals surface area contributed by atoms with Crippen molar-refractivity contribution in [3.8, 4) is 11.5 Å². The van der Waals surface area contributed by atoms with E-state index in [1.54, 1.807) is 50.4 Å². The number of rotatable bonds is 6. The van der Waals surface area contributed by atoms with Crippen LogP contribution in [0.25, 0.3) is 11.0 Å². The van der Waals surface area contributed by atoms with Crippen molar-refractivity contribution in [3.63, 3.8) is 0 Å². The van der Waals surface area contributed by atoms with Gasteiger partial charge in [0.1, 0.15) is 0 Å². The van der Waals surface area contributed by atoms with Crippen LogP contribution in [-0.2, 0) is 10.0 Å². The fraction of sp³-hybridized carbons (Fsp3) is 0.235. The van der Waals surface area contributed by atoms with E-state index >= 15 is 0 Å². The zero-order valence-electron chi connectivity index (χ0n) is 14.1. The van der Waals surface area contributed by atoms with Crippen molar-refractivity contribution in [2.24, 2.45) is 0 Å². The van der Waals surface area contributed by atoms with Crippen molar-refractivity contribution in [2.75, 3.05) is 14.2 Å². The lowest BCUT2D eigenvalue weighted by Gasteiger charge is -2.15. The molecule has 1 heterocycles. The van der Waals surface area contributed by atoms with Gasteiger partial charge in [-0.1, -0.05) is 18.2 Å². The smallest absolute Gasteiger partial charge is 0.274 e. The number of hydrogen-bond acceptors (Lipinski definition) is 5. The lowest BCUT2D eigenvalue weighted by molar-refractivity contribution is 0.354. The Bertz CT molecular complexity index is 965. The molecule has 0 fully saturated rings. The molecule has 2 N–H and O–H groups in total. The largest absolute Gasteiger partial charge is 0.493 e. The molecule has 0 aliphatic carbocycles. The molecule has 0 radical (unpaired) electrons. The molecule has 0 saturated heterocycles. The van der Waals surface area contributed by atoms with E-state index in [0.29, 0.717) is 22.5 Å². The predicted octanol–water partition coefficient (Wildman–Crippen LogP) is 2.62. The maximum absolute atomic E-state index is 12.6. The molecule has 0 bridgehead atoms. The molecule has 1 aromatic heterocycles. The molecule has 1 unspecified atom stereocenters. The van der Waals surface area contributed by atoms with Gasteiger partial charge in [-0.15, -0.1) is 0 Å². The van der Waals surface area contributed by atoms with Crippen molar-refractivity contribution in [1.82, 2.24) is 14.7 Å². The first-order chi connectivity index (χ1) is 11.9. The second-order valence-corrected chi connectivity index (χ2v) is 7.15. The van der Waals surface area contributed by atoms with Crippen LogP contribution < -0.4 is 14.2 Å². The van der Waals surface area contributed by atoms with Crippen molar-refractivity contribution in [2.45, 2.75) is 18.1 Å². The Balaban J connectivity index is 1.87. The minimum Gasteiger partial charge on any atom is -0.493 e. The average Bonchev–Trinajstić information content (AvgIpc) is 3.06. The van der Waals surface area contributed by atoms with Crippen LogP contribution in [0.5, 0.6) is 11.5 Å². The summed E-state index contributed by atoms with van der Waals surface area (Å²) in [4.78, 5) is 6.97. The number of ether oxygens (including phenoxy) is 2. The summed E-state index contributed by atoms with van der Waals surface area (Å²) in [6.45, 7) is 1.75. The van der Waals surface area contributed by atoms with Gasteiger partial charge in [-0.3, -0.25) is 0 Å². The molecular formula is C17H19N3O4S. The predicted molar refractivity (Wildman–Crippen MR) is 94.4 cm³/mol. The summed E-state index contributed by atoms with van der Waals surface area (Å²) in [5, 5.41) is -0.110. The van der Waals surface area contributed by atoms with Crippen LogP contribution in [0.1, 0.15) is 18.5 Å². The number of imidazole rings is 1. The van der Waals surface area contributed by atoms with Crippen LogP contribution in [0.15, 0.2) is 47.6 Å². The van der Waals surface area contributed by atoms with Crippen LogP contribution in [0, 0.1) is 0 Å². The van der Waals surface area contributed by atoms with Crippen LogP contribution >= 0.6 is 0 Å². The Kier molecular flexibility index (Phi) is 4.65. The highest BCUT2D eigenvalue weighted by atomic mass is 32.2. The Morgan fingerprint density at radius 2 is 1.80 bits per heavy atom. The number of sulfonamides is 1. The fourth-order valence-electron chi connectivity index (χ4n) is 2.54. The fourth-order valence-corrected chi connectivity index (χ4v) is 3.71. The topological polar surface area (TPSA) is 93.3 Å². The van der Waals surface area contributed by atoms with Gasteiger partial charge in [-0.2, -0.15) is 0 Å². The number of nitrogens with zero attached hydrogens (tertiary/aromatic N) is 1. The standard InChI is InChI=1S/C17H19N3O4S/c1-11(12-8-9-15(23-2)16(10-12)24-3)20-25(21,22)17-18-13-6-4-5-7-14(13)19-17/h4-11,20H,1-3H3,(H,18,19). The molecular weight excluding hydrogens is 342 g/mol. The normalized spacial score (nSPS) is 12.9. The second-order valence-electron chi connectivity index (χ2n) is 5.52. The molecule has 0 aliphatic heterocycles. The molecule has 3 aromatic rings. The van der Waals surface area contributed by atoms with Crippen molar-refractivity contribution >= 4 is 21.1 Å². The first kappa shape index (κ1) is 17.2. The third-order valence-corrected chi connectivity index (χ3v) is 5.23. The van der Waals surface area contributed by atoms with E-state index in [2.05, 4.69) is 14.7 Å². The Labute approximate surface area is 146 Å². The highest BCUT2D eigenvalue weighted by Gasteiger charge is 2.22. The van der Waals surface area contributed by atoms with E-state index < -0.39 is 16.1 Å². The summed E-state index contributed by atoms with van der Waals surface area (Å²) in [5.74, 6) is 1.12. The summed E-state index contributed by atoms with van der Waals surface area (Å²) in [7, 11) is -0.714. The zero-order chi connectivity index (χ0) is 18.0. The Morgan fingerprint density at radius 1 is 1.08 bits per heavy atom. The average molecular weight is 361 g/mol. The number of fused-ring (bicyclic) bond motifs is 1. The summed E-state index contributed by atoms with van der Waals surface area (Å²) < 4.78 is 38.3. The molecule has 3 rings (SSSR count). The number of methoxy groups -OCH3 is 2. The van der Waals surface area contributed by atoms with E-state index in [1.807, 2.05) is 6.07 Å². The van der Waals surface area contributed by atoms with E-state index in [9.17, 15) is 8.42 Å². The van der Waals surface area contributed by atoms with Gasteiger partial charge in [-0.05, 0) is 36.8 Å². The Hall–Kier alpha value is -2.58. The molecule has 2 aromatic carbocycles. The SMILES string of the molecule is COc1ccc(C(C)NS(=O)(=O)c2nc3ccccc3[nH]2)cc1OC. The van der Waals surface area contributed by atoms with Gasteiger partial charge in [0.2, 0.25) is 5.16 Å². The minimum atomic E-state index is -3.79. The first-order valence-corrected chi connectivity index (χ1v) is 9.12. The molecule has 0 spiro atoms. The third kappa shape index (κ3) is 3.45. The van der Waals surface area contributed by atoms with Crippen molar-refractivity contribution in [1.29, 1.82) is 0 Å². The molecule has 0 aliphatic rings. The van der Waals surface area contributed by atoms with Crippen LogP contribution in [0.4, 0.5) is 0 Å². The lowest BCUT2D eigenvalue weighted by Crippen LogP contribution is -2.27. The summed E-state index contributed by atoms with van der Waals surface area (Å²) in [6, 6.07) is 11.9. The van der Waals surface area contributed by atoms with Crippen molar-refractivity contribution in [3.05, 3.63) is 48.0 Å². The van der Waals surface area contributed by atoms with Gasteiger partial charge in [0.05, 0.1) is 25.3 Å². The van der Waals surface area contributed by atoms with Gasteiger partial charge in [-0.25, -0.2) is 18.1 Å². The lowest BCUT2D eigenvalue weighted by atomic mass is 10.1. The van der Waals surface area contributed by atoms with Gasteiger partial charge in [0, 0.05) is 6.04 Å². The van der Waals surface area contributed by atoms with E-state index in [1.165, 1.54) is 7.11 Å². The van der Waals surface area contributed by atoms with Crippen LogP contribution in [-0.4, -0.2) is 32.6 Å². The summed E-state index contributed by atoms with van der Waals surface area (Å²) in [5.41, 5.74) is 2.01. The number of aromatic amines is 1. The highest BCUT2D eigenvalue weighted by molar-refractivity contribution is 7.89. The number of hydrogen-bond donors (Lipinski definition) is 2. The quantitative estimate of drug-likeness (QED) is 0.704. The molecule has 8 heteroatoms. The van der Waals surface area contributed by atoms with Gasteiger partial charge in [0.15, 0.2) is 11.5 Å². The zero-order valence-corrected chi connectivity index (χ0v) is 14.9. The first-order valence-electron chi connectivity index (χ1n) is 7.63. The highest BCUT2D eigenvalue weighted by Crippen LogP contribution is 2.30. The molecule has 132 valence electrons. The molecule has 0 amide bonds. The summed E-state index contributed by atoms with van der Waals surface area (Å²) in [6.07, 6.45) is 0. The summed E-state index contributed by atoms with van der Waals surface area (Å²) >= 11 is 0. The monoisotopic (exact) mass is 361 g/mol. The molecule has 0 saturated carbocycles. The van der Waals surface area contributed by atoms with Crippen LogP contribution in [0.3, 0.4) is 0 Å². The second kappa shape index (κ2) is 6.73. The van der Waals surface area contributed by atoms with Crippen LogP contribution in [0.2, 0.25) is 0 Å². The number of aromatic nitrogens is 2. The minimum absolute atomic E-state index is 0.110. The number of nitrogens with one attached hydrogen (secondary N) is 2. The maximum Gasteiger partial charge on any atom is 0.274 e. The van der Waals surface area contributed by atoms with Crippen molar-refractivity contribution < 1.29 is 17.9 Å². The maximum atomic E-state index is 12.6.